The van der Waals surface area contributed by atoms with Crippen LogP contribution in [0, 0.1) is 5.82 Å². The zero-order chi connectivity index (χ0) is 19.3. The molecule has 0 saturated carbocycles. The van der Waals surface area contributed by atoms with Crippen molar-refractivity contribution < 1.29 is 27.8 Å². The predicted molar refractivity (Wildman–Crippen MR) is 92.4 cm³/mol. The van der Waals surface area contributed by atoms with Crippen LogP contribution in [-0.4, -0.2) is 54.7 Å². The predicted octanol–water partition coefficient (Wildman–Crippen LogP) is 0.231. The third-order valence-corrected chi connectivity index (χ3v) is 5.98. The molecule has 3 rings (SSSR count). The first-order valence-electron chi connectivity index (χ1n) is 8.29. The van der Waals surface area contributed by atoms with Crippen molar-refractivity contribution in [2.45, 2.75) is 38.8 Å². The monoisotopic (exact) mass is 387 g/mol. The van der Waals surface area contributed by atoms with Gasteiger partial charge in [-0.1, -0.05) is 0 Å². The van der Waals surface area contributed by atoms with E-state index in [1.54, 1.807) is 18.6 Å². The van der Waals surface area contributed by atoms with Crippen molar-refractivity contribution >= 4 is 21.8 Å². The number of nitrogens with zero attached hydrogens (tertiary/aromatic N) is 2. The van der Waals surface area contributed by atoms with E-state index in [-0.39, 0.29) is 6.54 Å². The van der Waals surface area contributed by atoms with Crippen LogP contribution >= 0.6 is 0 Å². The van der Waals surface area contributed by atoms with E-state index in [2.05, 4.69) is 0 Å². The summed E-state index contributed by atoms with van der Waals surface area (Å²) in [4.78, 5) is 13.4. The van der Waals surface area contributed by atoms with Gasteiger partial charge < -0.3 is 10.2 Å². The molecule has 0 spiro atoms. The lowest BCUT2D eigenvalue weighted by molar-refractivity contribution is -0.117. The molecule has 0 aliphatic carbocycles. The molecule has 144 valence electrons. The first kappa shape index (κ1) is 18.9. The minimum atomic E-state index is -4.22. The lowest BCUT2D eigenvalue weighted by atomic mass is 9.96. The van der Waals surface area contributed by atoms with Gasteiger partial charge >= 0.3 is 10.2 Å². The number of carbonyl (C=O) groups excluding carboxylic acids is 1. The van der Waals surface area contributed by atoms with Crippen molar-refractivity contribution in [1.82, 2.24) is 9.62 Å². The Hall–Kier alpha value is -1.91. The van der Waals surface area contributed by atoms with Gasteiger partial charge in [0.25, 0.3) is 5.91 Å². The fourth-order valence-electron chi connectivity index (χ4n) is 3.20. The molecule has 8 nitrogen and oxygen atoms in total. The molecule has 1 fully saturated rings. The number of benzene rings is 1. The van der Waals surface area contributed by atoms with Gasteiger partial charge in [-0.15, -0.1) is 0 Å². The number of rotatable bonds is 4. The summed E-state index contributed by atoms with van der Waals surface area (Å²) in [6.45, 7) is 4.26. The second kappa shape index (κ2) is 6.36. The van der Waals surface area contributed by atoms with Gasteiger partial charge in [0.15, 0.2) is 5.82 Å². The Balaban J connectivity index is 1.93. The Labute approximate surface area is 151 Å². The number of nitrogens with one attached hydrogen (secondary N) is 1. The Bertz CT molecular complexity index is 850. The minimum absolute atomic E-state index is 0.236. The summed E-state index contributed by atoms with van der Waals surface area (Å²) in [5, 5.41) is 20.0. The second-order valence-electron chi connectivity index (χ2n) is 7.32. The van der Waals surface area contributed by atoms with Gasteiger partial charge in [-0.25, -0.2) is 13.4 Å². The van der Waals surface area contributed by atoms with Crippen LogP contribution in [0.3, 0.4) is 0 Å². The molecular formula is C16H22FN3O5S. The first-order chi connectivity index (χ1) is 12.0. The molecule has 26 heavy (non-hydrogen) atoms. The smallest absolute Gasteiger partial charge is 0.326 e. The van der Waals surface area contributed by atoms with E-state index in [4.69, 9.17) is 0 Å². The Morgan fingerprint density at radius 3 is 2.62 bits per heavy atom. The molecule has 1 amide bonds. The van der Waals surface area contributed by atoms with E-state index in [1.807, 2.05) is 4.90 Å². The summed E-state index contributed by atoms with van der Waals surface area (Å²) < 4.78 is 41.4. The molecule has 1 aromatic carbocycles. The Morgan fingerprint density at radius 2 is 2.04 bits per heavy atom. The molecule has 0 radical (unpaired) electrons. The van der Waals surface area contributed by atoms with Gasteiger partial charge in [0.05, 0.1) is 5.60 Å². The lowest BCUT2D eigenvalue weighted by Crippen LogP contribution is -2.36. The van der Waals surface area contributed by atoms with Crippen LogP contribution in [0.4, 0.5) is 10.1 Å². The second-order valence-corrected chi connectivity index (χ2v) is 8.92. The van der Waals surface area contributed by atoms with Gasteiger partial charge in [-0.3, -0.25) is 9.69 Å². The third kappa shape index (κ3) is 3.62. The van der Waals surface area contributed by atoms with Crippen LogP contribution in [0.2, 0.25) is 0 Å². The molecule has 0 aromatic heterocycles. The number of amides is 1. The zero-order valence-electron chi connectivity index (χ0n) is 14.6. The lowest BCUT2D eigenvalue weighted by Gasteiger charge is -2.32. The van der Waals surface area contributed by atoms with Crippen LogP contribution in [-0.2, 0) is 28.0 Å². The maximum absolute atomic E-state index is 15.1. The Kier molecular flexibility index (Phi) is 4.62. The van der Waals surface area contributed by atoms with Crippen molar-refractivity contribution in [1.29, 1.82) is 0 Å². The van der Waals surface area contributed by atoms with Gasteiger partial charge in [0.2, 0.25) is 0 Å². The number of hydrogen-bond acceptors (Lipinski definition) is 6. The minimum Gasteiger partial charge on any atom is -0.506 e. The third-order valence-electron chi connectivity index (χ3n) is 4.60. The van der Waals surface area contributed by atoms with Crippen LogP contribution < -0.4 is 9.03 Å². The molecule has 1 saturated heterocycles. The van der Waals surface area contributed by atoms with Gasteiger partial charge in [-0.05, 0) is 38.3 Å². The molecule has 0 bridgehead atoms. The summed E-state index contributed by atoms with van der Waals surface area (Å²) in [6, 6.07) is 1.36. The van der Waals surface area contributed by atoms with Crippen molar-refractivity contribution in [2.75, 3.05) is 23.9 Å². The molecule has 0 atom stereocenters. The molecule has 0 unspecified atom stereocenters. The highest BCUT2D eigenvalue weighted by Crippen LogP contribution is 2.39. The van der Waals surface area contributed by atoms with Crippen LogP contribution in [0.15, 0.2) is 6.07 Å². The number of hydrogen-bond donors (Lipinski definition) is 3. The van der Waals surface area contributed by atoms with E-state index in [0.29, 0.717) is 41.4 Å². The standard InChI is InChI=1S/C16H22FN3O5S/c1-16(2,23)4-6-19-5-3-10-7-12(21)15(14(17)11(10)8-19)20-9-13(22)18-26(20,24)25/h7,21,23H,3-6,8-9H2,1-2H3,(H,18,22). The summed E-state index contributed by atoms with van der Waals surface area (Å²) >= 11 is 0. The highest BCUT2D eigenvalue weighted by molar-refractivity contribution is 7.92. The van der Waals surface area contributed by atoms with Crippen molar-refractivity contribution in [3.63, 3.8) is 0 Å². The average molecular weight is 387 g/mol. The van der Waals surface area contributed by atoms with E-state index in [9.17, 15) is 23.4 Å². The number of aliphatic hydroxyl groups is 1. The number of phenols is 1. The van der Waals surface area contributed by atoms with Crippen LogP contribution in [0.25, 0.3) is 0 Å². The molecule has 1 aromatic rings. The molecule has 3 N–H and O–H groups in total. The van der Waals surface area contributed by atoms with Crippen molar-refractivity contribution in [2.24, 2.45) is 0 Å². The van der Waals surface area contributed by atoms with Crippen molar-refractivity contribution in [3.05, 3.63) is 23.0 Å². The molecule has 10 heteroatoms. The van der Waals surface area contributed by atoms with Gasteiger partial charge in [0.1, 0.15) is 18.0 Å². The fourth-order valence-corrected chi connectivity index (χ4v) is 4.36. The molecule has 2 aliphatic heterocycles. The average Bonchev–Trinajstić information content (AvgIpc) is 2.77. The van der Waals surface area contributed by atoms with Crippen molar-refractivity contribution in [3.8, 4) is 5.75 Å². The SMILES string of the molecule is CC(C)(O)CCN1CCc2cc(O)c(N3CC(=O)NS3(=O)=O)c(F)c2C1. The summed E-state index contributed by atoms with van der Waals surface area (Å²) in [7, 11) is -4.22. The molecule has 2 aliphatic rings. The quantitative estimate of drug-likeness (QED) is 0.682. The van der Waals surface area contributed by atoms with E-state index >= 15 is 4.39 Å². The highest BCUT2D eigenvalue weighted by Gasteiger charge is 2.39. The maximum Gasteiger partial charge on any atom is 0.326 e. The van der Waals surface area contributed by atoms with Gasteiger partial charge in [0, 0.05) is 25.2 Å². The molecule has 2 heterocycles. The van der Waals surface area contributed by atoms with Crippen LogP contribution in [0.5, 0.6) is 5.75 Å². The number of halogens is 1. The fraction of sp³-hybridized carbons (Fsp3) is 0.562. The number of aromatic hydroxyl groups is 1. The van der Waals surface area contributed by atoms with Crippen LogP contribution in [0.1, 0.15) is 31.4 Å². The van der Waals surface area contributed by atoms with Gasteiger partial charge in [-0.2, -0.15) is 8.42 Å². The van der Waals surface area contributed by atoms with E-state index in [1.165, 1.54) is 6.07 Å². The summed E-state index contributed by atoms with van der Waals surface area (Å²) in [5.74, 6) is -2.13. The van der Waals surface area contributed by atoms with E-state index < -0.39 is 45.5 Å². The normalized spacial score (nSPS) is 20.2. The first-order valence-corrected chi connectivity index (χ1v) is 9.73. The topological polar surface area (TPSA) is 110 Å². The highest BCUT2D eigenvalue weighted by atomic mass is 32.2. The number of phenolic OH excluding ortho intramolecular Hbond substituents is 1. The summed E-state index contributed by atoms with van der Waals surface area (Å²) in [5.41, 5.74) is -0.436. The number of anilines is 1. The maximum atomic E-state index is 15.1. The van der Waals surface area contributed by atoms with E-state index in [0.717, 1.165) is 0 Å². The summed E-state index contributed by atoms with van der Waals surface area (Å²) in [6.07, 6.45) is 1.00. The zero-order valence-corrected chi connectivity index (χ0v) is 15.4. The Morgan fingerprint density at radius 1 is 1.35 bits per heavy atom. The number of fused-ring (bicyclic) bond motifs is 1. The molecular weight excluding hydrogens is 365 g/mol. The largest absolute Gasteiger partial charge is 0.506 e. The number of carbonyl (C=O) groups is 1.